The number of pyridine rings is 1. The highest BCUT2D eigenvalue weighted by molar-refractivity contribution is 7.71. The van der Waals surface area contributed by atoms with Crippen LogP contribution in [0, 0.1) is 4.77 Å². The summed E-state index contributed by atoms with van der Waals surface area (Å²) in [7, 11) is 0. The van der Waals surface area contributed by atoms with Gasteiger partial charge in [0.2, 0.25) is 0 Å². The molecule has 0 fully saturated rings. The number of H-pyrrole nitrogens is 1. The lowest BCUT2D eigenvalue weighted by Crippen LogP contribution is -1.83. The third-order valence-electron chi connectivity index (χ3n) is 1.69. The van der Waals surface area contributed by atoms with Crippen LogP contribution in [0.4, 0.5) is 0 Å². The molecule has 0 saturated carbocycles. The highest BCUT2D eigenvalue weighted by atomic mass is 32.1. The highest BCUT2D eigenvalue weighted by Gasteiger charge is 1.94. The van der Waals surface area contributed by atoms with Crippen LogP contribution in [0.1, 0.15) is 0 Å². The molecule has 2 aromatic heterocycles. The van der Waals surface area contributed by atoms with Crippen LogP contribution in [-0.4, -0.2) is 15.0 Å². The van der Waals surface area contributed by atoms with Crippen LogP contribution in [-0.2, 0) is 0 Å². The van der Waals surface area contributed by atoms with E-state index in [1.54, 1.807) is 18.6 Å². The third-order valence-corrected chi connectivity index (χ3v) is 1.91. The SMILES string of the molecule is S=c1ncc(-c2ccncc2)c[nH]1. The molecule has 2 heterocycles. The lowest BCUT2D eigenvalue weighted by atomic mass is 10.1. The summed E-state index contributed by atoms with van der Waals surface area (Å²) >= 11 is 4.84. The molecule has 64 valence electrons. The molecular weight excluding hydrogens is 182 g/mol. The number of nitrogens with zero attached hydrogens (tertiary/aromatic N) is 2. The molecule has 0 amide bonds. The molecule has 0 radical (unpaired) electrons. The monoisotopic (exact) mass is 189 g/mol. The predicted octanol–water partition coefficient (Wildman–Crippen LogP) is 2.20. The molecular formula is C9H7N3S. The fourth-order valence-corrected chi connectivity index (χ4v) is 1.16. The minimum absolute atomic E-state index is 0.498. The molecule has 2 rings (SSSR count). The van der Waals surface area contributed by atoms with Gasteiger partial charge in [0.05, 0.1) is 0 Å². The van der Waals surface area contributed by atoms with Crippen LogP contribution < -0.4 is 0 Å². The fourth-order valence-electron chi connectivity index (χ4n) is 1.04. The molecule has 0 atom stereocenters. The van der Waals surface area contributed by atoms with Crippen molar-refractivity contribution in [2.75, 3.05) is 0 Å². The van der Waals surface area contributed by atoms with Crippen LogP contribution in [0.2, 0.25) is 0 Å². The van der Waals surface area contributed by atoms with Gasteiger partial charge >= 0.3 is 0 Å². The first-order valence-electron chi connectivity index (χ1n) is 3.81. The Hall–Kier alpha value is -1.55. The molecule has 0 spiro atoms. The normalized spacial score (nSPS) is 9.85. The van der Waals surface area contributed by atoms with E-state index in [1.165, 1.54) is 0 Å². The number of aromatic amines is 1. The zero-order valence-electron chi connectivity index (χ0n) is 6.77. The zero-order chi connectivity index (χ0) is 9.10. The van der Waals surface area contributed by atoms with Crippen LogP contribution in [0.25, 0.3) is 11.1 Å². The molecule has 3 nitrogen and oxygen atoms in total. The summed E-state index contributed by atoms with van der Waals surface area (Å²) in [6.07, 6.45) is 7.08. The van der Waals surface area contributed by atoms with Crippen molar-refractivity contribution in [1.29, 1.82) is 0 Å². The van der Waals surface area contributed by atoms with Gasteiger partial charge in [-0.2, -0.15) is 0 Å². The summed E-state index contributed by atoms with van der Waals surface area (Å²) < 4.78 is 0.498. The van der Waals surface area contributed by atoms with E-state index in [4.69, 9.17) is 12.2 Å². The summed E-state index contributed by atoms with van der Waals surface area (Å²) in [6, 6.07) is 3.85. The molecule has 2 aromatic rings. The average Bonchev–Trinajstić information content (AvgIpc) is 2.20. The van der Waals surface area contributed by atoms with E-state index in [9.17, 15) is 0 Å². The Kier molecular flexibility index (Phi) is 2.14. The molecule has 0 aromatic carbocycles. The van der Waals surface area contributed by atoms with Crippen molar-refractivity contribution in [1.82, 2.24) is 15.0 Å². The molecule has 13 heavy (non-hydrogen) atoms. The van der Waals surface area contributed by atoms with E-state index in [2.05, 4.69) is 15.0 Å². The first-order chi connectivity index (χ1) is 6.36. The predicted molar refractivity (Wildman–Crippen MR) is 52.7 cm³/mol. The van der Waals surface area contributed by atoms with Gasteiger partial charge in [-0.3, -0.25) is 4.98 Å². The van der Waals surface area contributed by atoms with E-state index < -0.39 is 0 Å². The lowest BCUT2D eigenvalue weighted by molar-refractivity contribution is 1.14. The minimum atomic E-state index is 0.498. The highest BCUT2D eigenvalue weighted by Crippen LogP contribution is 2.14. The van der Waals surface area contributed by atoms with Gasteiger partial charge in [0.15, 0.2) is 4.77 Å². The van der Waals surface area contributed by atoms with Gasteiger partial charge in [-0.25, -0.2) is 4.98 Å². The maximum atomic E-state index is 4.84. The number of hydrogen-bond donors (Lipinski definition) is 1. The van der Waals surface area contributed by atoms with E-state index in [0.717, 1.165) is 11.1 Å². The summed E-state index contributed by atoms with van der Waals surface area (Å²) in [4.78, 5) is 10.8. The van der Waals surface area contributed by atoms with Gasteiger partial charge in [-0.05, 0) is 29.9 Å². The first kappa shape index (κ1) is 8.07. The topological polar surface area (TPSA) is 41.6 Å². The number of hydrogen-bond acceptors (Lipinski definition) is 3. The van der Waals surface area contributed by atoms with Crippen molar-refractivity contribution in [2.45, 2.75) is 0 Å². The fraction of sp³-hybridized carbons (Fsp3) is 0. The largest absolute Gasteiger partial charge is 0.337 e. The number of aromatic nitrogens is 3. The molecule has 0 bridgehead atoms. The minimum Gasteiger partial charge on any atom is -0.337 e. The zero-order valence-corrected chi connectivity index (χ0v) is 7.58. The molecule has 0 unspecified atom stereocenters. The molecule has 0 aliphatic heterocycles. The molecule has 0 aliphatic carbocycles. The molecule has 0 aliphatic rings. The van der Waals surface area contributed by atoms with E-state index in [0.29, 0.717) is 4.77 Å². The van der Waals surface area contributed by atoms with Crippen LogP contribution in [0.3, 0.4) is 0 Å². The number of rotatable bonds is 1. The summed E-state index contributed by atoms with van der Waals surface area (Å²) in [5, 5.41) is 0. The second kappa shape index (κ2) is 3.45. The summed E-state index contributed by atoms with van der Waals surface area (Å²) in [6.45, 7) is 0. The second-order valence-corrected chi connectivity index (χ2v) is 2.93. The Labute approximate surface area is 80.5 Å². The lowest BCUT2D eigenvalue weighted by Gasteiger charge is -1.97. The molecule has 1 N–H and O–H groups in total. The van der Waals surface area contributed by atoms with Crippen LogP contribution >= 0.6 is 12.2 Å². The maximum absolute atomic E-state index is 4.84. The van der Waals surface area contributed by atoms with Crippen molar-refractivity contribution in [3.8, 4) is 11.1 Å². The van der Waals surface area contributed by atoms with E-state index in [1.807, 2.05) is 18.3 Å². The van der Waals surface area contributed by atoms with Crippen LogP contribution in [0.5, 0.6) is 0 Å². The second-order valence-electron chi connectivity index (χ2n) is 2.54. The Bertz CT molecular complexity index is 429. The van der Waals surface area contributed by atoms with Gasteiger partial charge in [-0.1, -0.05) is 0 Å². The smallest absolute Gasteiger partial charge is 0.196 e. The molecule has 4 heteroatoms. The van der Waals surface area contributed by atoms with Gasteiger partial charge in [0, 0.05) is 30.4 Å². The van der Waals surface area contributed by atoms with Gasteiger partial charge in [0.1, 0.15) is 0 Å². The maximum Gasteiger partial charge on any atom is 0.196 e. The Balaban J connectivity index is 2.48. The van der Waals surface area contributed by atoms with Crippen molar-refractivity contribution in [2.24, 2.45) is 0 Å². The van der Waals surface area contributed by atoms with Crippen molar-refractivity contribution in [3.63, 3.8) is 0 Å². The van der Waals surface area contributed by atoms with E-state index >= 15 is 0 Å². The standard InChI is InChI=1S/C9H7N3S/c13-9-11-5-8(6-12-9)7-1-3-10-4-2-7/h1-6H,(H,11,12,13). The summed E-state index contributed by atoms with van der Waals surface area (Å²) in [5.74, 6) is 0. The Morgan fingerprint density at radius 3 is 2.54 bits per heavy atom. The Morgan fingerprint density at radius 1 is 1.15 bits per heavy atom. The first-order valence-corrected chi connectivity index (χ1v) is 4.22. The average molecular weight is 189 g/mol. The van der Waals surface area contributed by atoms with E-state index in [-0.39, 0.29) is 0 Å². The van der Waals surface area contributed by atoms with Gasteiger partial charge in [-0.15, -0.1) is 0 Å². The van der Waals surface area contributed by atoms with Crippen LogP contribution in [0.15, 0.2) is 36.9 Å². The van der Waals surface area contributed by atoms with Crippen molar-refractivity contribution < 1.29 is 0 Å². The van der Waals surface area contributed by atoms with Gasteiger partial charge in [0.25, 0.3) is 0 Å². The van der Waals surface area contributed by atoms with Crippen molar-refractivity contribution >= 4 is 12.2 Å². The van der Waals surface area contributed by atoms with Gasteiger partial charge < -0.3 is 4.98 Å². The van der Waals surface area contributed by atoms with Crippen molar-refractivity contribution in [3.05, 3.63) is 41.7 Å². The Morgan fingerprint density at radius 2 is 1.92 bits per heavy atom. The number of nitrogens with one attached hydrogen (secondary N) is 1. The molecule has 0 saturated heterocycles. The quantitative estimate of drug-likeness (QED) is 0.699. The summed E-state index contributed by atoms with van der Waals surface area (Å²) in [5.41, 5.74) is 2.09. The third kappa shape index (κ3) is 1.78.